The van der Waals surface area contributed by atoms with Crippen LogP contribution in [-0.4, -0.2) is 52.2 Å². The molecular weight excluding hydrogens is 604 g/mol. The molecule has 3 fully saturated rings. The molecule has 1 saturated carbocycles. The van der Waals surface area contributed by atoms with Crippen LogP contribution in [0.25, 0.3) is 11.1 Å². The summed E-state index contributed by atoms with van der Waals surface area (Å²) in [4.78, 5) is 25.8. The zero-order chi connectivity index (χ0) is 33.9. The molecule has 256 valence electrons. The van der Waals surface area contributed by atoms with Gasteiger partial charge >= 0.3 is 5.97 Å². The Morgan fingerprint density at radius 3 is 2.38 bits per heavy atom. The summed E-state index contributed by atoms with van der Waals surface area (Å²) in [5.74, 6) is -1.05. The van der Waals surface area contributed by atoms with E-state index in [-0.39, 0.29) is 37.6 Å². The Morgan fingerprint density at radius 2 is 1.65 bits per heavy atom. The van der Waals surface area contributed by atoms with Crippen LogP contribution in [0.1, 0.15) is 100 Å². The van der Waals surface area contributed by atoms with Gasteiger partial charge in [-0.1, -0.05) is 93.6 Å². The summed E-state index contributed by atoms with van der Waals surface area (Å²) in [6.45, 7) is 9.66. The number of aliphatic hydroxyl groups excluding tert-OH is 1. The first-order valence-electron chi connectivity index (χ1n) is 17.4. The predicted octanol–water partition coefficient (Wildman–Crippen LogP) is 7.16. The Kier molecular flexibility index (Phi) is 10.4. The molecule has 2 aliphatic heterocycles. The van der Waals surface area contributed by atoms with Crippen LogP contribution in [0.2, 0.25) is 0 Å². The van der Waals surface area contributed by atoms with Crippen LogP contribution in [0.15, 0.2) is 72.8 Å². The third kappa shape index (κ3) is 8.35. The number of carbonyl (C=O) groups is 2. The third-order valence-electron chi connectivity index (χ3n) is 10.4. The molecule has 0 radical (unpaired) electrons. The number of benzene rings is 3. The highest BCUT2D eigenvalue weighted by Gasteiger charge is 2.50. The maximum Gasteiger partial charge on any atom is 0.303 e. The Balaban J connectivity index is 1.18. The Labute approximate surface area is 284 Å². The van der Waals surface area contributed by atoms with Crippen LogP contribution < -0.4 is 5.32 Å². The summed E-state index contributed by atoms with van der Waals surface area (Å²) in [6.07, 6.45) is 4.37. The van der Waals surface area contributed by atoms with Gasteiger partial charge in [0, 0.05) is 50.5 Å². The zero-order valence-corrected chi connectivity index (χ0v) is 28.5. The maximum absolute atomic E-state index is 12.3. The monoisotopic (exact) mass is 654 g/mol. The van der Waals surface area contributed by atoms with E-state index in [2.05, 4.69) is 67.4 Å². The number of fused-ring (bicyclic) bond motifs is 2. The minimum atomic E-state index is -0.893. The fourth-order valence-corrected chi connectivity index (χ4v) is 8.54. The molecule has 3 aromatic carbocycles. The highest BCUT2D eigenvalue weighted by molar-refractivity contribution is 5.77. The molecule has 8 nitrogen and oxygen atoms in total. The van der Waals surface area contributed by atoms with Crippen LogP contribution in [0, 0.1) is 10.8 Å². The average Bonchev–Trinajstić information content (AvgIpc) is 3.30. The number of ether oxygens (including phenoxy) is 2. The van der Waals surface area contributed by atoms with Crippen molar-refractivity contribution < 1.29 is 29.3 Å². The second-order valence-corrected chi connectivity index (χ2v) is 15.3. The molecule has 2 saturated heterocycles. The summed E-state index contributed by atoms with van der Waals surface area (Å²) in [5, 5.41) is 21.4. The SMILES string of the molecule is CC1(C)CC2CC(C)(CN2C[C@H]2C[C@@H](c3ccc(CO)cc3)O[C@@H](c3ccc(-c4ccccc4CNC(=O)CCCC(=O)O)cc3)O2)C1. The van der Waals surface area contributed by atoms with Crippen molar-refractivity contribution in [3.8, 4) is 11.1 Å². The van der Waals surface area contributed by atoms with Gasteiger partial charge in [0.25, 0.3) is 0 Å². The second-order valence-electron chi connectivity index (χ2n) is 15.3. The van der Waals surface area contributed by atoms with E-state index in [0.717, 1.165) is 52.9 Å². The summed E-state index contributed by atoms with van der Waals surface area (Å²) >= 11 is 0. The number of rotatable bonds is 12. The molecule has 48 heavy (non-hydrogen) atoms. The smallest absolute Gasteiger partial charge is 0.303 e. The number of likely N-dealkylation sites (tertiary alicyclic amines) is 1. The van der Waals surface area contributed by atoms with E-state index < -0.39 is 12.3 Å². The number of nitrogens with one attached hydrogen (secondary N) is 1. The van der Waals surface area contributed by atoms with Crippen molar-refractivity contribution in [2.45, 2.75) is 103 Å². The first kappa shape index (κ1) is 34.3. The molecule has 6 rings (SSSR count). The van der Waals surface area contributed by atoms with Crippen LogP contribution in [0.4, 0.5) is 0 Å². The number of aliphatic hydroxyl groups is 1. The fourth-order valence-electron chi connectivity index (χ4n) is 8.54. The van der Waals surface area contributed by atoms with Gasteiger partial charge in [-0.3, -0.25) is 14.5 Å². The lowest BCUT2D eigenvalue weighted by molar-refractivity contribution is -0.253. The standard InChI is InChI=1S/C40H50N2O6/c1-39(2)20-32-21-40(3,25-39)26-42(32)23-33-19-35(29-13-11-27(24-43)12-14-29)48-38(47-33)30-17-15-28(16-18-30)34-8-5-4-7-31(34)22-41-36(44)9-6-10-37(45)46/h4-5,7-8,11-18,32-33,35,38,43H,6,9-10,19-26H2,1-3H3,(H,41,44)(H,45,46)/t32?,33-,35+,38+,40?/m1/s1. The number of hydrogen-bond donors (Lipinski definition) is 3. The largest absolute Gasteiger partial charge is 0.481 e. The van der Waals surface area contributed by atoms with Crippen LogP contribution in [0.5, 0.6) is 0 Å². The summed E-state index contributed by atoms with van der Waals surface area (Å²) in [5.41, 5.74) is 6.68. The van der Waals surface area contributed by atoms with E-state index >= 15 is 0 Å². The van der Waals surface area contributed by atoms with Crippen molar-refractivity contribution in [3.63, 3.8) is 0 Å². The first-order valence-corrected chi connectivity index (χ1v) is 17.4. The average molecular weight is 655 g/mol. The van der Waals surface area contributed by atoms with Gasteiger partial charge in [-0.2, -0.15) is 0 Å². The van der Waals surface area contributed by atoms with Gasteiger partial charge in [0.05, 0.1) is 18.8 Å². The van der Waals surface area contributed by atoms with E-state index in [1.54, 1.807) is 0 Å². The molecule has 0 spiro atoms. The molecule has 1 aliphatic carbocycles. The molecule has 5 atom stereocenters. The van der Waals surface area contributed by atoms with Crippen molar-refractivity contribution in [1.29, 1.82) is 0 Å². The van der Waals surface area contributed by atoms with Gasteiger partial charge in [-0.15, -0.1) is 0 Å². The van der Waals surface area contributed by atoms with Gasteiger partial charge in [0.2, 0.25) is 5.91 Å². The lowest BCUT2D eigenvalue weighted by atomic mass is 9.65. The number of carboxylic acids is 1. The quantitative estimate of drug-likeness (QED) is 0.190. The highest BCUT2D eigenvalue weighted by Crippen LogP contribution is 2.53. The van der Waals surface area contributed by atoms with Crippen LogP contribution >= 0.6 is 0 Å². The Hall–Kier alpha value is -3.56. The number of aliphatic carboxylic acids is 1. The van der Waals surface area contributed by atoms with Gasteiger partial charge in [-0.25, -0.2) is 0 Å². The van der Waals surface area contributed by atoms with E-state index in [0.29, 0.717) is 29.8 Å². The van der Waals surface area contributed by atoms with E-state index in [4.69, 9.17) is 14.6 Å². The normalized spacial score (nSPS) is 26.7. The number of carbonyl (C=O) groups excluding carboxylic acids is 1. The van der Waals surface area contributed by atoms with E-state index in [1.165, 1.54) is 19.3 Å². The van der Waals surface area contributed by atoms with Crippen molar-refractivity contribution >= 4 is 11.9 Å². The summed E-state index contributed by atoms with van der Waals surface area (Å²) < 4.78 is 13.4. The minimum Gasteiger partial charge on any atom is -0.481 e. The molecule has 2 unspecified atom stereocenters. The fraction of sp³-hybridized carbons (Fsp3) is 0.500. The lowest BCUT2D eigenvalue weighted by Crippen LogP contribution is -2.42. The molecule has 3 N–H and O–H groups in total. The minimum absolute atomic E-state index is 0.0110. The molecule has 2 heterocycles. The van der Waals surface area contributed by atoms with Gasteiger partial charge in [0.1, 0.15) is 0 Å². The molecule has 0 aromatic heterocycles. The van der Waals surface area contributed by atoms with Crippen molar-refractivity contribution in [3.05, 3.63) is 95.1 Å². The number of carboxylic acid groups (broad SMARTS) is 1. The topological polar surface area (TPSA) is 108 Å². The molecule has 1 amide bonds. The molecule has 8 heteroatoms. The summed E-state index contributed by atoms with van der Waals surface area (Å²) in [6, 6.07) is 24.9. The predicted molar refractivity (Wildman–Crippen MR) is 185 cm³/mol. The highest BCUT2D eigenvalue weighted by atomic mass is 16.7. The van der Waals surface area contributed by atoms with Gasteiger partial charge in [-0.05, 0) is 64.3 Å². The Morgan fingerprint density at radius 1 is 0.917 bits per heavy atom. The van der Waals surface area contributed by atoms with Crippen molar-refractivity contribution in [2.24, 2.45) is 10.8 Å². The van der Waals surface area contributed by atoms with Crippen LogP contribution in [-0.2, 0) is 32.2 Å². The molecule has 2 bridgehead atoms. The maximum atomic E-state index is 12.3. The summed E-state index contributed by atoms with van der Waals surface area (Å²) in [7, 11) is 0. The number of hydrogen-bond acceptors (Lipinski definition) is 6. The molecular formula is C40H50N2O6. The second kappa shape index (κ2) is 14.5. The first-order chi connectivity index (χ1) is 23.0. The lowest BCUT2D eigenvalue weighted by Gasteiger charge is -2.41. The zero-order valence-electron chi connectivity index (χ0n) is 28.5. The number of nitrogens with zero attached hydrogens (tertiary/aromatic N) is 1. The van der Waals surface area contributed by atoms with Gasteiger partial charge in [0.15, 0.2) is 6.29 Å². The van der Waals surface area contributed by atoms with E-state index in [9.17, 15) is 14.7 Å². The van der Waals surface area contributed by atoms with E-state index in [1.807, 2.05) is 36.4 Å². The molecule has 3 aliphatic rings. The third-order valence-corrected chi connectivity index (χ3v) is 10.4. The van der Waals surface area contributed by atoms with Crippen molar-refractivity contribution in [1.82, 2.24) is 10.2 Å². The van der Waals surface area contributed by atoms with Crippen molar-refractivity contribution in [2.75, 3.05) is 13.1 Å². The number of amides is 1. The Bertz CT molecular complexity index is 1570. The molecule has 3 aromatic rings. The van der Waals surface area contributed by atoms with Gasteiger partial charge < -0.3 is 25.0 Å². The van der Waals surface area contributed by atoms with Crippen LogP contribution in [0.3, 0.4) is 0 Å².